The van der Waals surface area contributed by atoms with Gasteiger partial charge in [-0.2, -0.15) is 0 Å². The Labute approximate surface area is 60.6 Å². The van der Waals surface area contributed by atoms with Gasteiger partial charge < -0.3 is 0 Å². The predicted octanol–water partition coefficient (Wildman–Crippen LogP) is 3.03. The second kappa shape index (κ2) is 6.08. The van der Waals surface area contributed by atoms with Crippen LogP contribution < -0.4 is 0 Å². The molecule has 0 N–H and O–H groups in total. The summed E-state index contributed by atoms with van der Waals surface area (Å²) in [6.07, 6.45) is 3.51. The van der Waals surface area contributed by atoms with Crippen LogP contribution in [0.3, 0.4) is 0 Å². The average molecular weight is 141 g/mol. The number of allylic oxidation sites excluding steroid dienone is 1. The van der Waals surface area contributed by atoms with Gasteiger partial charge in [-0.1, -0.05) is 38.9 Å². The van der Waals surface area contributed by atoms with Crippen molar-refractivity contribution in [1.29, 1.82) is 0 Å². The zero-order valence-electron chi connectivity index (χ0n) is 6.78. The van der Waals surface area contributed by atoms with Crippen molar-refractivity contribution in [1.82, 2.24) is 0 Å². The topological polar surface area (TPSA) is 0 Å². The molecule has 0 aliphatic heterocycles. The first-order valence-electron chi connectivity index (χ1n) is 3.86. The largest absolute Gasteiger partial charge is 0.100 e. The van der Waals surface area contributed by atoms with Crippen LogP contribution in [-0.2, 0) is 0 Å². The fourth-order valence-electron chi connectivity index (χ4n) is 0.770. The third kappa shape index (κ3) is 4.46. The molecule has 0 aromatic heterocycles. The van der Waals surface area contributed by atoms with Crippen molar-refractivity contribution in [3.63, 3.8) is 0 Å². The molecular weight excluding hydrogens is 124 g/mol. The van der Waals surface area contributed by atoms with Crippen molar-refractivity contribution in [2.24, 2.45) is 0 Å². The molecule has 0 atom stereocenters. The van der Waals surface area contributed by atoms with Gasteiger partial charge >= 0.3 is 0 Å². The van der Waals surface area contributed by atoms with E-state index in [9.17, 15) is 0 Å². The summed E-state index contributed by atoms with van der Waals surface area (Å²) in [4.78, 5) is 0. The fourth-order valence-corrected chi connectivity index (χ4v) is 2.31. The van der Waals surface area contributed by atoms with E-state index in [4.69, 9.17) is 0 Å². The zero-order chi connectivity index (χ0) is 7.11. The molecule has 0 aromatic rings. The van der Waals surface area contributed by atoms with E-state index in [1.807, 2.05) is 0 Å². The van der Waals surface area contributed by atoms with Crippen LogP contribution in [0.4, 0.5) is 0 Å². The highest BCUT2D eigenvalue weighted by atomic mass is 28.3. The van der Waals surface area contributed by atoms with Crippen molar-refractivity contribution < 1.29 is 0 Å². The highest BCUT2D eigenvalue weighted by Gasteiger charge is 1.97. The number of hydrogen-bond acceptors (Lipinski definition) is 0. The Morgan fingerprint density at radius 3 is 2.00 bits per heavy atom. The SMILES string of the molecule is CCC=C[Si](CC)CC. The lowest BCUT2D eigenvalue weighted by atomic mass is 10.5. The maximum atomic E-state index is 2.44. The van der Waals surface area contributed by atoms with Gasteiger partial charge in [0.1, 0.15) is 0 Å². The summed E-state index contributed by atoms with van der Waals surface area (Å²) in [5.41, 5.74) is 2.44. The van der Waals surface area contributed by atoms with E-state index in [0.29, 0.717) is 0 Å². The monoisotopic (exact) mass is 141 g/mol. The van der Waals surface area contributed by atoms with Crippen LogP contribution in [0.25, 0.3) is 0 Å². The van der Waals surface area contributed by atoms with Crippen molar-refractivity contribution in [2.75, 3.05) is 0 Å². The molecule has 1 radical (unpaired) electrons. The molecule has 0 rings (SSSR count). The van der Waals surface area contributed by atoms with Crippen LogP contribution in [-0.4, -0.2) is 8.80 Å². The third-order valence-corrected chi connectivity index (χ3v) is 4.02. The molecule has 0 spiro atoms. The summed E-state index contributed by atoms with van der Waals surface area (Å²) < 4.78 is 0. The zero-order valence-corrected chi connectivity index (χ0v) is 7.78. The van der Waals surface area contributed by atoms with Crippen molar-refractivity contribution in [3.05, 3.63) is 11.8 Å². The molecular formula is C8H17Si. The minimum Gasteiger partial charge on any atom is -0.100 e. The second-order valence-electron chi connectivity index (χ2n) is 2.18. The van der Waals surface area contributed by atoms with Gasteiger partial charge in [0.25, 0.3) is 0 Å². The lowest BCUT2D eigenvalue weighted by Gasteiger charge is -2.00. The molecule has 0 saturated heterocycles. The smallest absolute Gasteiger partial charge is 0.0748 e. The molecule has 0 aromatic carbocycles. The Hall–Kier alpha value is -0.0431. The van der Waals surface area contributed by atoms with Gasteiger partial charge in [0.15, 0.2) is 0 Å². The summed E-state index contributed by atoms with van der Waals surface area (Å²) in [7, 11) is -0.0665. The quantitative estimate of drug-likeness (QED) is 0.528. The first-order valence-corrected chi connectivity index (χ1v) is 5.85. The summed E-state index contributed by atoms with van der Waals surface area (Å²) in [5.74, 6) is 0. The van der Waals surface area contributed by atoms with Crippen molar-refractivity contribution in [3.8, 4) is 0 Å². The molecule has 0 nitrogen and oxygen atoms in total. The first-order chi connectivity index (χ1) is 4.35. The van der Waals surface area contributed by atoms with E-state index in [2.05, 4.69) is 32.5 Å². The van der Waals surface area contributed by atoms with E-state index in [0.717, 1.165) is 0 Å². The third-order valence-electron chi connectivity index (χ3n) is 1.50. The molecule has 9 heavy (non-hydrogen) atoms. The predicted molar refractivity (Wildman–Crippen MR) is 46.1 cm³/mol. The maximum Gasteiger partial charge on any atom is 0.0748 e. The Balaban J connectivity index is 3.41. The number of hydrogen-bond donors (Lipinski definition) is 0. The summed E-state index contributed by atoms with van der Waals surface area (Å²) in [5, 5.41) is 0. The molecule has 0 bridgehead atoms. The summed E-state index contributed by atoms with van der Waals surface area (Å²) in [6, 6.07) is 2.77. The Kier molecular flexibility index (Phi) is 6.05. The molecule has 1 heteroatoms. The minimum absolute atomic E-state index is 0.0665. The molecule has 0 unspecified atom stereocenters. The Morgan fingerprint density at radius 1 is 1.11 bits per heavy atom. The average Bonchev–Trinajstić information content (AvgIpc) is 1.91. The maximum absolute atomic E-state index is 2.44. The van der Waals surface area contributed by atoms with E-state index in [1.54, 1.807) is 0 Å². The Bertz CT molecular complexity index is 72.6. The fraction of sp³-hybridized carbons (Fsp3) is 0.750. The molecule has 0 amide bonds. The van der Waals surface area contributed by atoms with Gasteiger partial charge in [-0.15, -0.1) is 5.70 Å². The van der Waals surface area contributed by atoms with Gasteiger partial charge in [-0.3, -0.25) is 0 Å². The van der Waals surface area contributed by atoms with E-state index >= 15 is 0 Å². The second-order valence-corrected chi connectivity index (χ2v) is 5.24. The van der Waals surface area contributed by atoms with Crippen LogP contribution >= 0.6 is 0 Å². The highest BCUT2D eigenvalue weighted by molar-refractivity contribution is 6.64. The highest BCUT2D eigenvalue weighted by Crippen LogP contribution is 1.99. The summed E-state index contributed by atoms with van der Waals surface area (Å²) >= 11 is 0. The van der Waals surface area contributed by atoms with Crippen LogP contribution in [0.5, 0.6) is 0 Å². The molecule has 53 valence electrons. The van der Waals surface area contributed by atoms with Crippen molar-refractivity contribution in [2.45, 2.75) is 39.3 Å². The normalized spacial score (nSPS) is 11.6. The van der Waals surface area contributed by atoms with E-state index in [-0.39, 0.29) is 8.80 Å². The lowest BCUT2D eigenvalue weighted by molar-refractivity contribution is 1.22. The van der Waals surface area contributed by atoms with Crippen LogP contribution in [0.2, 0.25) is 12.1 Å². The van der Waals surface area contributed by atoms with Gasteiger partial charge in [-0.05, 0) is 6.42 Å². The van der Waals surface area contributed by atoms with Crippen molar-refractivity contribution >= 4 is 8.80 Å². The lowest BCUT2D eigenvalue weighted by Crippen LogP contribution is -2.03. The van der Waals surface area contributed by atoms with E-state index < -0.39 is 0 Å². The van der Waals surface area contributed by atoms with Crippen LogP contribution in [0.1, 0.15) is 27.2 Å². The number of rotatable bonds is 4. The molecule has 0 heterocycles. The van der Waals surface area contributed by atoms with Gasteiger partial charge in [0.05, 0.1) is 8.80 Å². The Morgan fingerprint density at radius 2 is 1.67 bits per heavy atom. The standard InChI is InChI=1S/C8H17Si/c1-4-7-8-9(5-2)6-3/h7-8H,4-6H2,1-3H3. The molecule has 0 aliphatic rings. The van der Waals surface area contributed by atoms with Gasteiger partial charge in [0.2, 0.25) is 0 Å². The van der Waals surface area contributed by atoms with Gasteiger partial charge in [-0.25, -0.2) is 0 Å². The van der Waals surface area contributed by atoms with Crippen LogP contribution in [0.15, 0.2) is 11.8 Å². The van der Waals surface area contributed by atoms with E-state index in [1.165, 1.54) is 18.5 Å². The van der Waals surface area contributed by atoms with Crippen LogP contribution in [0, 0.1) is 0 Å². The molecule has 0 aliphatic carbocycles. The molecule has 0 fully saturated rings. The van der Waals surface area contributed by atoms with Gasteiger partial charge in [0, 0.05) is 0 Å². The summed E-state index contributed by atoms with van der Waals surface area (Å²) in [6.45, 7) is 6.77. The minimum atomic E-state index is -0.0665. The first kappa shape index (κ1) is 8.96. The molecule has 0 saturated carbocycles.